The van der Waals surface area contributed by atoms with Crippen LogP contribution in [-0.4, -0.2) is 5.78 Å². The van der Waals surface area contributed by atoms with Crippen LogP contribution in [0.5, 0.6) is 0 Å². The number of aryl methyl sites for hydroxylation is 1. The largest absolute Gasteiger partial charge is 0.288 e. The molecule has 0 aliphatic rings. The minimum atomic E-state index is 0.0604. The fourth-order valence-corrected chi connectivity index (χ4v) is 3.03. The molecule has 1 heterocycles. The van der Waals surface area contributed by atoms with E-state index in [1.807, 2.05) is 55.5 Å². The number of ketones is 1. The Labute approximate surface area is 134 Å². The number of allylic oxidation sites excluding steroid dienone is 1. The van der Waals surface area contributed by atoms with Crippen LogP contribution in [-0.2, 0) is 0 Å². The van der Waals surface area contributed by atoms with Crippen LogP contribution in [0.3, 0.4) is 0 Å². The average molecular weight is 304 g/mol. The number of carbonyl (C=O) groups is 1. The Balaban J connectivity index is 1.73. The van der Waals surface area contributed by atoms with Crippen LogP contribution in [0.4, 0.5) is 0 Å². The molecule has 0 spiro atoms. The molecule has 0 aliphatic carbocycles. The molecular weight excluding hydrogens is 288 g/mol. The Kier molecular flexibility index (Phi) is 4.31. The van der Waals surface area contributed by atoms with E-state index >= 15 is 0 Å². The van der Waals surface area contributed by atoms with Crippen molar-refractivity contribution in [2.75, 3.05) is 0 Å². The molecule has 0 saturated carbocycles. The zero-order valence-corrected chi connectivity index (χ0v) is 13.1. The lowest BCUT2D eigenvalue weighted by atomic mass is 10.0. The molecule has 0 saturated heterocycles. The fraction of sp³-hybridized carbons (Fsp3) is 0.0500. The summed E-state index contributed by atoms with van der Waals surface area (Å²) in [5.41, 5.74) is 3.41. The first-order valence-corrected chi connectivity index (χ1v) is 7.98. The summed E-state index contributed by atoms with van der Waals surface area (Å²) in [5, 5.41) is 0. The van der Waals surface area contributed by atoms with Gasteiger partial charge in [0.2, 0.25) is 0 Å². The molecule has 2 heteroatoms. The van der Waals surface area contributed by atoms with Gasteiger partial charge in [0, 0.05) is 4.88 Å². The van der Waals surface area contributed by atoms with Crippen molar-refractivity contribution < 1.29 is 4.79 Å². The normalized spacial score (nSPS) is 11.0. The molecule has 0 amide bonds. The lowest BCUT2D eigenvalue weighted by molar-refractivity contribution is 0.105. The third kappa shape index (κ3) is 3.41. The molecule has 0 bridgehead atoms. The van der Waals surface area contributed by atoms with Crippen LogP contribution in [0, 0.1) is 6.92 Å². The highest BCUT2D eigenvalue weighted by molar-refractivity contribution is 7.14. The van der Waals surface area contributed by atoms with Gasteiger partial charge in [-0.25, -0.2) is 0 Å². The lowest BCUT2D eigenvalue weighted by Crippen LogP contribution is -1.88. The van der Waals surface area contributed by atoms with E-state index in [1.54, 1.807) is 6.08 Å². The molecule has 2 aromatic carbocycles. The maximum Gasteiger partial charge on any atom is 0.195 e. The van der Waals surface area contributed by atoms with Crippen molar-refractivity contribution >= 4 is 23.2 Å². The van der Waals surface area contributed by atoms with Crippen molar-refractivity contribution in [3.63, 3.8) is 0 Å². The van der Waals surface area contributed by atoms with Gasteiger partial charge in [-0.15, -0.1) is 11.3 Å². The van der Waals surface area contributed by atoms with Crippen molar-refractivity contribution in [2.45, 2.75) is 6.92 Å². The van der Waals surface area contributed by atoms with Crippen molar-refractivity contribution in [3.05, 3.63) is 88.1 Å². The van der Waals surface area contributed by atoms with E-state index in [0.29, 0.717) is 0 Å². The van der Waals surface area contributed by atoms with Gasteiger partial charge in [0.1, 0.15) is 0 Å². The van der Waals surface area contributed by atoms with Gasteiger partial charge in [-0.3, -0.25) is 4.79 Å². The highest BCUT2D eigenvalue weighted by Gasteiger charge is 2.04. The van der Waals surface area contributed by atoms with Gasteiger partial charge in [-0.05, 0) is 41.8 Å². The average Bonchev–Trinajstić information content (AvgIpc) is 3.00. The standard InChI is InChI=1S/C20H16OS/c1-15-7-14-20(22-15)19(21)13-10-16-8-11-18(12-9-16)17-5-3-2-4-6-17/h2-14H,1H3/b13-10+. The number of benzene rings is 2. The number of rotatable bonds is 4. The fourth-order valence-electron chi connectivity index (χ4n) is 2.24. The third-order valence-electron chi connectivity index (χ3n) is 3.43. The number of carbonyl (C=O) groups excluding carboxylic acids is 1. The quantitative estimate of drug-likeness (QED) is 0.451. The monoisotopic (exact) mass is 304 g/mol. The molecule has 0 fully saturated rings. The first-order chi connectivity index (χ1) is 10.7. The summed E-state index contributed by atoms with van der Waals surface area (Å²) in [7, 11) is 0. The topological polar surface area (TPSA) is 17.1 Å². The highest BCUT2D eigenvalue weighted by Crippen LogP contribution is 2.20. The second kappa shape index (κ2) is 6.54. The third-order valence-corrected chi connectivity index (χ3v) is 4.44. The highest BCUT2D eigenvalue weighted by atomic mass is 32.1. The minimum Gasteiger partial charge on any atom is -0.288 e. The zero-order valence-electron chi connectivity index (χ0n) is 12.3. The Bertz CT molecular complexity index is 795. The molecule has 0 N–H and O–H groups in total. The summed E-state index contributed by atoms with van der Waals surface area (Å²) < 4.78 is 0. The van der Waals surface area contributed by atoms with Gasteiger partial charge in [-0.2, -0.15) is 0 Å². The van der Waals surface area contributed by atoms with Gasteiger partial charge in [-0.1, -0.05) is 60.7 Å². The van der Waals surface area contributed by atoms with E-state index in [2.05, 4.69) is 24.3 Å². The van der Waals surface area contributed by atoms with Crippen LogP contribution in [0.25, 0.3) is 17.2 Å². The second-order valence-electron chi connectivity index (χ2n) is 5.10. The Morgan fingerprint density at radius 1 is 0.864 bits per heavy atom. The van der Waals surface area contributed by atoms with Gasteiger partial charge < -0.3 is 0 Å². The van der Waals surface area contributed by atoms with E-state index in [1.165, 1.54) is 22.5 Å². The summed E-state index contributed by atoms with van der Waals surface area (Å²) in [6, 6.07) is 22.3. The van der Waals surface area contributed by atoms with E-state index < -0.39 is 0 Å². The number of hydrogen-bond acceptors (Lipinski definition) is 2. The SMILES string of the molecule is Cc1ccc(C(=O)/C=C/c2ccc(-c3ccccc3)cc2)s1. The molecule has 0 atom stereocenters. The Hall–Kier alpha value is -2.45. The first-order valence-electron chi connectivity index (χ1n) is 7.17. The summed E-state index contributed by atoms with van der Waals surface area (Å²) in [6.07, 6.45) is 3.51. The summed E-state index contributed by atoms with van der Waals surface area (Å²) in [6.45, 7) is 2.01. The minimum absolute atomic E-state index is 0.0604. The number of hydrogen-bond donors (Lipinski definition) is 0. The summed E-state index contributed by atoms with van der Waals surface area (Å²) >= 11 is 1.53. The maximum absolute atomic E-state index is 12.0. The van der Waals surface area contributed by atoms with Crippen molar-refractivity contribution in [1.82, 2.24) is 0 Å². The van der Waals surface area contributed by atoms with Crippen LogP contribution >= 0.6 is 11.3 Å². The summed E-state index contributed by atoms with van der Waals surface area (Å²) in [5.74, 6) is 0.0604. The molecule has 1 nitrogen and oxygen atoms in total. The maximum atomic E-state index is 12.0. The van der Waals surface area contributed by atoms with Crippen molar-refractivity contribution in [2.24, 2.45) is 0 Å². The van der Waals surface area contributed by atoms with Crippen molar-refractivity contribution in [1.29, 1.82) is 0 Å². The van der Waals surface area contributed by atoms with Gasteiger partial charge in [0.25, 0.3) is 0 Å². The molecule has 3 rings (SSSR count). The molecule has 1 aromatic heterocycles. The molecule has 0 unspecified atom stereocenters. The van der Waals surface area contributed by atoms with Crippen LogP contribution in [0.2, 0.25) is 0 Å². The van der Waals surface area contributed by atoms with Crippen LogP contribution in [0.1, 0.15) is 20.1 Å². The van der Waals surface area contributed by atoms with Crippen LogP contribution in [0.15, 0.2) is 72.8 Å². The molecule has 0 radical (unpaired) electrons. The first kappa shape index (κ1) is 14.5. The Morgan fingerprint density at radius 2 is 1.55 bits per heavy atom. The van der Waals surface area contributed by atoms with Gasteiger partial charge in [0.05, 0.1) is 4.88 Å². The van der Waals surface area contributed by atoms with E-state index in [-0.39, 0.29) is 5.78 Å². The van der Waals surface area contributed by atoms with Gasteiger partial charge >= 0.3 is 0 Å². The van der Waals surface area contributed by atoms with Crippen LogP contribution < -0.4 is 0 Å². The number of thiophene rings is 1. The smallest absolute Gasteiger partial charge is 0.195 e. The second-order valence-corrected chi connectivity index (χ2v) is 6.38. The predicted octanol–water partition coefficient (Wildman–Crippen LogP) is 5.62. The van der Waals surface area contributed by atoms with Gasteiger partial charge in [0.15, 0.2) is 5.78 Å². The molecule has 0 aliphatic heterocycles. The molecule has 22 heavy (non-hydrogen) atoms. The Morgan fingerprint density at radius 3 is 2.18 bits per heavy atom. The molecule has 3 aromatic rings. The zero-order chi connectivity index (χ0) is 15.4. The van der Waals surface area contributed by atoms with E-state index in [0.717, 1.165) is 15.3 Å². The molecule has 108 valence electrons. The van der Waals surface area contributed by atoms with Crippen molar-refractivity contribution in [3.8, 4) is 11.1 Å². The van der Waals surface area contributed by atoms with E-state index in [4.69, 9.17) is 0 Å². The summed E-state index contributed by atoms with van der Waals surface area (Å²) in [4.78, 5) is 14.0. The van der Waals surface area contributed by atoms with E-state index in [9.17, 15) is 4.79 Å². The molecular formula is C20H16OS. The lowest BCUT2D eigenvalue weighted by Gasteiger charge is -2.01. The predicted molar refractivity (Wildman–Crippen MR) is 94.3 cm³/mol.